The van der Waals surface area contributed by atoms with Gasteiger partial charge in [-0.1, -0.05) is 34.1 Å². The largest absolute Gasteiger partial charge is 0.435 e. The number of alkyl halides is 3. The van der Waals surface area contributed by atoms with E-state index in [9.17, 15) is 13.2 Å². The van der Waals surface area contributed by atoms with Crippen LogP contribution in [0, 0.1) is 0 Å². The van der Waals surface area contributed by atoms with Crippen LogP contribution in [0.25, 0.3) is 5.69 Å². The SMILES string of the molecule is FC(F)(F)c1cc(CNc2ccc(Br)cc2)n(-c2ccccc2)n1. The maximum absolute atomic E-state index is 13.0. The number of para-hydroxylation sites is 1. The molecule has 0 fully saturated rings. The van der Waals surface area contributed by atoms with Crippen LogP contribution in [0.1, 0.15) is 11.4 Å². The van der Waals surface area contributed by atoms with Crippen molar-refractivity contribution in [1.82, 2.24) is 9.78 Å². The molecule has 2 aromatic carbocycles. The summed E-state index contributed by atoms with van der Waals surface area (Å²) in [4.78, 5) is 0. The van der Waals surface area contributed by atoms with E-state index in [1.807, 2.05) is 24.3 Å². The fraction of sp³-hybridized carbons (Fsp3) is 0.118. The fourth-order valence-electron chi connectivity index (χ4n) is 2.24. The summed E-state index contributed by atoms with van der Waals surface area (Å²) in [7, 11) is 0. The lowest BCUT2D eigenvalue weighted by atomic mass is 10.3. The Morgan fingerprint density at radius 3 is 2.29 bits per heavy atom. The molecule has 1 heterocycles. The van der Waals surface area contributed by atoms with E-state index in [-0.39, 0.29) is 6.54 Å². The fourth-order valence-corrected chi connectivity index (χ4v) is 2.50. The third kappa shape index (κ3) is 3.79. The molecule has 0 saturated heterocycles. The molecule has 1 N–H and O–H groups in total. The molecule has 124 valence electrons. The van der Waals surface area contributed by atoms with Crippen LogP contribution in [-0.4, -0.2) is 9.78 Å². The van der Waals surface area contributed by atoms with Crippen molar-refractivity contribution in [2.45, 2.75) is 12.7 Å². The molecule has 3 nitrogen and oxygen atoms in total. The van der Waals surface area contributed by atoms with Gasteiger partial charge in [-0.15, -0.1) is 0 Å². The van der Waals surface area contributed by atoms with Crippen LogP contribution < -0.4 is 5.32 Å². The molecule has 0 spiro atoms. The van der Waals surface area contributed by atoms with Crippen molar-refractivity contribution in [2.75, 3.05) is 5.32 Å². The lowest BCUT2D eigenvalue weighted by Gasteiger charge is -2.09. The second-order valence-electron chi connectivity index (χ2n) is 5.13. The Morgan fingerprint density at radius 1 is 1.00 bits per heavy atom. The quantitative estimate of drug-likeness (QED) is 0.652. The first-order chi connectivity index (χ1) is 11.4. The molecule has 0 unspecified atom stereocenters. The minimum atomic E-state index is -4.48. The smallest absolute Gasteiger partial charge is 0.379 e. The van der Waals surface area contributed by atoms with Crippen molar-refractivity contribution in [3.8, 4) is 5.69 Å². The minimum Gasteiger partial charge on any atom is -0.379 e. The lowest BCUT2D eigenvalue weighted by molar-refractivity contribution is -0.141. The van der Waals surface area contributed by atoms with Gasteiger partial charge in [-0.3, -0.25) is 0 Å². The van der Waals surface area contributed by atoms with Crippen molar-refractivity contribution < 1.29 is 13.2 Å². The zero-order chi connectivity index (χ0) is 17.2. The molecule has 1 aromatic heterocycles. The number of nitrogens with one attached hydrogen (secondary N) is 1. The van der Waals surface area contributed by atoms with Gasteiger partial charge in [0.25, 0.3) is 0 Å². The van der Waals surface area contributed by atoms with Gasteiger partial charge >= 0.3 is 6.18 Å². The molecule has 24 heavy (non-hydrogen) atoms. The molecular formula is C17H13BrF3N3. The molecule has 0 bridgehead atoms. The van der Waals surface area contributed by atoms with E-state index in [0.717, 1.165) is 16.2 Å². The van der Waals surface area contributed by atoms with Gasteiger partial charge < -0.3 is 5.32 Å². The Bertz CT molecular complexity index is 811. The zero-order valence-corrected chi connectivity index (χ0v) is 14.0. The summed E-state index contributed by atoms with van der Waals surface area (Å²) in [6, 6.07) is 17.2. The summed E-state index contributed by atoms with van der Waals surface area (Å²) in [5, 5.41) is 6.84. The molecule has 0 aliphatic rings. The van der Waals surface area contributed by atoms with Crippen molar-refractivity contribution in [3.05, 3.63) is 76.5 Å². The molecule has 3 aromatic rings. The third-order valence-electron chi connectivity index (χ3n) is 3.39. The highest BCUT2D eigenvalue weighted by Gasteiger charge is 2.35. The van der Waals surface area contributed by atoms with E-state index in [1.54, 1.807) is 30.3 Å². The molecule has 0 saturated carbocycles. The van der Waals surface area contributed by atoms with Crippen LogP contribution in [0.3, 0.4) is 0 Å². The topological polar surface area (TPSA) is 29.9 Å². The highest BCUT2D eigenvalue weighted by atomic mass is 79.9. The number of hydrogen-bond acceptors (Lipinski definition) is 2. The Hall–Kier alpha value is -2.28. The normalized spacial score (nSPS) is 11.5. The Labute approximate surface area is 145 Å². The van der Waals surface area contributed by atoms with Crippen molar-refractivity contribution >= 4 is 21.6 Å². The summed E-state index contributed by atoms with van der Waals surface area (Å²) >= 11 is 3.34. The van der Waals surface area contributed by atoms with Crippen LogP contribution in [0.4, 0.5) is 18.9 Å². The van der Waals surface area contributed by atoms with Crippen LogP contribution in [0.2, 0.25) is 0 Å². The first-order valence-electron chi connectivity index (χ1n) is 7.14. The van der Waals surface area contributed by atoms with E-state index in [2.05, 4.69) is 26.3 Å². The molecule has 7 heteroatoms. The maximum atomic E-state index is 13.0. The van der Waals surface area contributed by atoms with Gasteiger partial charge in [0.05, 0.1) is 17.9 Å². The molecule has 0 radical (unpaired) electrons. The molecule has 0 aliphatic carbocycles. The highest BCUT2D eigenvalue weighted by molar-refractivity contribution is 9.10. The lowest BCUT2D eigenvalue weighted by Crippen LogP contribution is -2.08. The van der Waals surface area contributed by atoms with Crippen LogP contribution in [0.5, 0.6) is 0 Å². The highest BCUT2D eigenvalue weighted by Crippen LogP contribution is 2.29. The summed E-state index contributed by atoms with van der Waals surface area (Å²) in [6.45, 7) is 0.222. The zero-order valence-electron chi connectivity index (χ0n) is 12.4. The van der Waals surface area contributed by atoms with E-state index in [0.29, 0.717) is 11.4 Å². The van der Waals surface area contributed by atoms with Gasteiger partial charge in [0.15, 0.2) is 5.69 Å². The Morgan fingerprint density at radius 2 is 1.67 bits per heavy atom. The van der Waals surface area contributed by atoms with E-state index in [1.165, 1.54) is 4.68 Å². The van der Waals surface area contributed by atoms with Gasteiger partial charge in [0, 0.05) is 10.2 Å². The van der Waals surface area contributed by atoms with Crippen LogP contribution in [0.15, 0.2) is 65.1 Å². The van der Waals surface area contributed by atoms with Crippen molar-refractivity contribution in [1.29, 1.82) is 0 Å². The first kappa shape index (κ1) is 16.6. The molecular weight excluding hydrogens is 383 g/mol. The third-order valence-corrected chi connectivity index (χ3v) is 3.92. The monoisotopic (exact) mass is 395 g/mol. The molecule has 3 rings (SSSR count). The molecule has 0 atom stereocenters. The van der Waals surface area contributed by atoms with Gasteiger partial charge in [0.2, 0.25) is 0 Å². The predicted molar refractivity (Wildman–Crippen MR) is 90.0 cm³/mol. The summed E-state index contributed by atoms with van der Waals surface area (Å²) in [6.07, 6.45) is -4.48. The van der Waals surface area contributed by atoms with Gasteiger partial charge in [-0.2, -0.15) is 18.3 Å². The van der Waals surface area contributed by atoms with Crippen molar-refractivity contribution in [2.24, 2.45) is 0 Å². The second-order valence-corrected chi connectivity index (χ2v) is 6.04. The maximum Gasteiger partial charge on any atom is 0.435 e. The summed E-state index contributed by atoms with van der Waals surface area (Å²) < 4.78 is 41.3. The average molecular weight is 396 g/mol. The summed E-state index contributed by atoms with van der Waals surface area (Å²) in [5.74, 6) is 0. The number of nitrogens with zero attached hydrogens (tertiary/aromatic N) is 2. The standard InChI is InChI=1S/C17H13BrF3N3/c18-12-6-8-13(9-7-12)22-11-15-10-16(17(19,20)21)23-24(15)14-4-2-1-3-5-14/h1-10,22H,11H2. The van der Waals surface area contributed by atoms with E-state index < -0.39 is 11.9 Å². The van der Waals surface area contributed by atoms with E-state index >= 15 is 0 Å². The summed E-state index contributed by atoms with van der Waals surface area (Å²) in [5.41, 5.74) is 0.920. The van der Waals surface area contributed by atoms with Gasteiger partial charge in [-0.05, 0) is 42.5 Å². The van der Waals surface area contributed by atoms with Crippen molar-refractivity contribution in [3.63, 3.8) is 0 Å². The number of benzene rings is 2. The second kappa shape index (κ2) is 6.68. The number of anilines is 1. The average Bonchev–Trinajstić information content (AvgIpc) is 3.00. The first-order valence-corrected chi connectivity index (χ1v) is 7.94. The Kier molecular flexibility index (Phi) is 4.62. The minimum absolute atomic E-state index is 0.222. The van der Waals surface area contributed by atoms with Crippen LogP contribution >= 0.6 is 15.9 Å². The number of hydrogen-bond donors (Lipinski definition) is 1. The number of rotatable bonds is 4. The van der Waals surface area contributed by atoms with Gasteiger partial charge in [-0.25, -0.2) is 4.68 Å². The number of aromatic nitrogens is 2. The predicted octanol–water partition coefficient (Wildman–Crippen LogP) is 5.27. The molecule has 0 aliphatic heterocycles. The number of halogens is 4. The van der Waals surface area contributed by atoms with E-state index in [4.69, 9.17) is 0 Å². The van der Waals surface area contributed by atoms with Crippen LogP contribution in [-0.2, 0) is 12.7 Å². The Balaban J connectivity index is 1.90. The molecule has 0 amide bonds. The van der Waals surface area contributed by atoms with Gasteiger partial charge in [0.1, 0.15) is 0 Å².